The first kappa shape index (κ1) is 8.92. The molecule has 56 valence electrons. The van der Waals surface area contributed by atoms with Crippen LogP contribution in [0.4, 0.5) is 0 Å². The molecule has 2 nitrogen and oxygen atoms in total. The highest BCUT2D eigenvalue weighted by atomic mass is 15.1. The summed E-state index contributed by atoms with van der Waals surface area (Å²) in [5.74, 6) is 0. The molecule has 0 bridgehead atoms. The van der Waals surface area contributed by atoms with Gasteiger partial charge in [0.05, 0.1) is 26.2 Å². The third-order valence-electron chi connectivity index (χ3n) is 1.78. The lowest BCUT2D eigenvalue weighted by Crippen LogP contribution is -3.11. The Balaban J connectivity index is 3.09. The molecular formula is C7H20N2+2. The quantitative estimate of drug-likeness (QED) is 0.458. The molecule has 4 N–H and O–H groups in total. The molecule has 0 fully saturated rings. The van der Waals surface area contributed by atoms with Crippen LogP contribution in [0.3, 0.4) is 0 Å². The van der Waals surface area contributed by atoms with Crippen LogP contribution in [0.1, 0.15) is 20.3 Å². The lowest BCUT2D eigenvalue weighted by atomic mass is 10.4. The van der Waals surface area contributed by atoms with Gasteiger partial charge in [0.2, 0.25) is 0 Å². The number of hydrogen-bond acceptors (Lipinski definition) is 0. The van der Waals surface area contributed by atoms with Crippen molar-refractivity contribution >= 4 is 0 Å². The Hall–Kier alpha value is -0.0800. The van der Waals surface area contributed by atoms with Crippen molar-refractivity contribution in [2.75, 3.05) is 26.2 Å². The van der Waals surface area contributed by atoms with Crippen LogP contribution in [0.2, 0.25) is 0 Å². The minimum Gasteiger partial charge on any atom is -0.357 e. The van der Waals surface area contributed by atoms with Gasteiger partial charge in [-0.3, -0.25) is 0 Å². The average Bonchev–Trinajstić information content (AvgIpc) is 1.91. The van der Waals surface area contributed by atoms with Gasteiger partial charge in [-0.15, -0.1) is 0 Å². The largest absolute Gasteiger partial charge is 0.357 e. The fraction of sp³-hybridized carbons (Fsp3) is 1.00. The molecular weight excluding hydrogens is 112 g/mol. The number of nitrogens with one attached hydrogen (secondary N) is 1. The SMILES string of the molecule is CC[NH+](CC)CCC[NH3+]. The molecule has 0 aliphatic rings. The Morgan fingerprint density at radius 2 is 1.78 bits per heavy atom. The summed E-state index contributed by atoms with van der Waals surface area (Å²) in [6.07, 6.45) is 1.27. The smallest absolute Gasteiger partial charge is 0.0825 e. The van der Waals surface area contributed by atoms with E-state index in [1.807, 2.05) is 0 Å². The topological polar surface area (TPSA) is 32.1 Å². The number of hydrogen-bond donors (Lipinski definition) is 2. The van der Waals surface area contributed by atoms with Crippen molar-refractivity contribution < 1.29 is 10.6 Å². The third-order valence-corrected chi connectivity index (χ3v) is 1.78. The van der Waals surface area contributed by atoms with E-state index in [-0.39, 0.29) is 0 Å². The normalized spacial score (nSPS) is 10.7. The van der Waals surface area contributed by atoms with E-state index in [1.165, 1.54) is 26.1 Å². The van der Waals surface area contributed by atoms with Gasteiger partial charge in [0.15, 0.2) is 0 Å². The predicted octanol–water partition coefficient (Wildman–Crippen LogP) is -1.46. The highest BCUT2D eigenvalue weighted by Gasteiger charge is 1.99. The maximum Gasteiger partial charge on any atom is 0.0825 e. The van der Waals surface area contributed by atoms with E-state index in [2.05, 4.69) is 19.6 Å². The Kier molecular flexibility index (Phi) is 5.99. The summed E-state index contributed by atoms with van der Waals surface area (Å²) in [5.41, 5.74) is 3.81. The Bertz CT molecular complexity index is 50.9. The lowest BCUT2D eigenvalue weighted by Gasteiger charge is -2.13. The van der Waals surface area contributed by atoms with E-state index in [0.717, 1.165) is 6.54 Å². The van der Waals surface area contributed by atoms with Gasteiger partial charge in [0.1, 0.15) is 0 Å². The molecule has 0 rings (SSSR count). The number of quaternary nitrogens is 2. The first-order valence-corrected chi connectivity index (χ1v) is 3.97. The van der Waals surface area contributed by atoms with Crippen LogP contribution in [0.15, 0.2) is 0 Å². The van der Waals surface area contributed by atoms with Crippen LogP contribution in [0.5, 0.6) is 0 Å². The Morgan fingerprint density at radius 1 is 1.22 bits per heavy atom. The third kappa shape index (κ3) is 4.43. The highest BCUT2D eigenvalue weighted by Crippen LogP contribution is 1.61. The van der Waals surface area contributed by atoms with E-state index >= 15 is 0 Å². The second kappa shape index (κ2) is 6.05. The molecule has 0 aliphatic carbocycles. The van der Waals surface area contributed by atoms with Crippen molar-refractivity contribution in [1.82, 2.24) is 0 Å². The van der Waals surface area contributed by atoms with Crippen LogP contribution in [0, 0.1) is 0 Å². The van der Waals surface area contributed by atoms with Crippen molar-refractivity contribution in [2.24, 2.45) is 0 Å². The summed E-state index contributed by atoms with van der Waals surface area (Å²) in [4.78, 5) is 1.69. The van der Waals surface area contributed by atoms with Gasteiger partial charge in [-0.2, -0.15) is 0 Å². The van der Waals surface area contributed by atoms with Gasteiger partial charge in [0, 0.05) is 6.42 Å². The van der Waals surface area contributed by atoms with E-state index in [9.17, 15) is 0 Å². The number of rotatable bonds is 5. The molecule has 0 saturated carbocycles. The average molecular weight is 132 g/mol. The molecule has 0 spiro atoms. The van der Waals surface area contributed by atoms with E-state index < -0.39 is 0 Å². The molecule has 0 unspecified atom stereocenters. The van der Waals surface area contributed by atoms with Crippen molar-refractivity contribution in [3.8, 4) is 0 Å². The summed E-state index contributed by atoms with van der Waals surface area (Å²) in [5, 5.41) is 0. The zero-order valence-corrected chi connectivity index (χ0v) is 6.74. The summed E-state index contributed by atoms with van der Waals surface area (Å²) in [6.45, 7) is 9.39. The second-order valence-electron chi connectivity index (χ2n) is 2.41. The van der Waals surface area contributed by atoms with Gasteiger partial charge in [-0.25, -0.2) is 0 Å². The van der Waals surface area contributed by atoms with Gasteiger partial charge >= 0.3 is 0 Å². The van der Waals surface area contributed by atoms with Crippen molar-refractivity contribution in [1.29, 1.82) is 0 Å². The van der Waals surface area contributed by atoms with Crippen LogP contribution >= 0.6 is 0 Å². The maximum atomic E-state index is 3.81. The van der Waals surface area contributed by atoms with Crippen molar-refractivity contribution in [2.45, 2.75) is 20.3 Å². The zero-order valence-electron chi connectivity index (χ0n) is 6.74. The van der Waals surface area contributed by atoms with Gasteiger partial charge in [-0.05, 0) is 13.8 Å². The molecule has 0 aromatic carbocycles. The monoisotopic (exact) mass is 132 g/mol. The van der Waals surface area contributed by atoms with Gasteiger partial charge in [-0.1, -0.05) is 0 Å². The summed E-state index contributed by atoms with van der Waals surface area (Å²) in [7, 11) is 0. The fourth-order valence-corrected chi connectivity index (χ4v) is 0.979. The second-order valence-corrected chi connectivity index (χ2v) is 2.41. The van der Waals surface area contributed by atoms with E-state index in [1.54, 1.807) is 4.90 Å². The Morgan fingerprint density at radius 3 is 2.11 bits per heavy atom. The maximum absolute atomic E-state index is 3.81. The molecule has 0 aromatic heterocycles. The van der Waals surface area contributed by atoms with Crippen LogP contribution in [-0.2, 0) is 0 Å². The standard InChI is InChI=1S/C7H18N2/c1-3-9(4-2)7-5-6-8/h3-8H2,1-2H3/p+2. The van der Waals surface area contributed by atoms with E-state index in [4.69, 9.17) is 0 Å². The fourth-order valence-electron chi connectivity index (χ4n) is 0.979. The summed E-state index contributed by atoms with van der Waals surface area (Å²) in [6, 6.07) is 0. The molecule has 9 heavy (non-hydrogen) atoms. The predicted molar refractivity (Wildman–Crippen MR) is 39.3 cm³/mol. The molecule has 0 aromatic rings. The lowest BCUT2D eigenvalue weighted by molar-refractivity contribution is -0.897. The van der Waals surface area contributed by atoms with E-state index in [0.29, 0.717) is 0 Å². The first-order chi connectivity index (χ1) is 4.35. The molecule has 0 atom stereocenters. The molecule has 2 heteroatoms. The molecule has 0 amide bonds. The minimum atomic E-state index is 1.09. The highest BCUT2D eigenvalue weighted by molar-refractivity contribution is 4.26. The minimum absolute atomic E-state index is 1.09. The Labute approximate surface area is 58.0 Å². The van der Waals surface area contributed by atoms with Crippen LogP contribution < -0.4 is 10.6 Å². The molecule has 0 saturated heterocycles. The summed E-state index contributed by atoms with van der Waals surface area (Å²) < 4.78 is 0. The zero-order chi connectivity index (χ0) is 7.11. The van der Waals surface area contributed by atoms with Crippen LogP contribution in [-0.4, -0.2) is 26.2 Å². The van der Waals surface area contributed by atoms with Crippen molar-refractivity contribution in [3.63, 3.8) is 0 Å². The first-order valence-electron chi connectivity index (χ1n) is 3.97. The van der Waals surface area contributed by atoms with Crippen LogP contribution in [0.25, 0.3) is 0 Å². The van der Waals surface area contributed by atoms with Gasteiger partial charge in [0.25, 0.3) is 0 Å². The van der Waals surface area contributed by atoms with Gasteiger partial charge < -0.3 is 10.6 Å². The van der Waals surface area contributed by atoms with Crippen molar-refractivity contribution in [3.05, 3.63) is 0 Å². The molecule has 0 radical (unpaired) electrons. The molecule has 0 aliphatic heterocycles. The molecule has 0 heterocycles. The summed E-state index contributed by atoms with van der Waals surface area (Å²) >= 11 is 0.